The van der Waals surface area contributed by atoms with Gasteiger partial charge in [-0.25, -0.2) is 4.39 Å². The van der Waals surface area contributed by atoms with Crippen LogP contribution in [0.25, 0.3) is 0 Å². The summed E-state index contributed by atoms with van der Waals surface area (Å²) in [5.74, 6) is -0.643. The highest BCUT2D eigenvalue weighted by Gasteiger charge is 2.26. The number of benzene rings is 3. The minimum absolute atomic E-state index is 0.00917. The molecule has 0 aliphatic rings. The van der Waals surface area contributed by atoms with Gasteiger partial charge in [0.1, 0.15) is 5.82 Å². The normalized spacial score (nSPS) is 12.1. The third-order valence-corrected chi connectivity index (χ3v) is 6.40. The van der Waals surface area contributed by atoms with Crippen molar-refractivity contribution in [1.82, 2.24) is 4.90 Å². The van der Waals surface area contributed by atoms with Crippen molar-refractivity contribution >= 4 is 23.2 Å². The number of carbonyl (C=O) groups is 2. The first-order valence-electron chi connectivity index (χ1n) is 13.1. The van der Waals surface area contributed by atoms with Gasteiger partial charge in [-0.15, -0.1) is 0 Å². The minimum Gasteiger partial charge on any atom is -0.377 e. The molecule has 0 aromatic heterocycles. The molecule has 0 spiro atoms. The molecule has 0 heterocycles. The summed E-state index contributed by atoms with van der Waals surface area (Å²) >= 11 is 0. The number of nitrogens with one attached hydrogen (secondary N) is 1. The average Bonchev–Trinajstić information content (AvgIpc) is 2.85. The highest BCUT2D eigenvalue weighted by molar-refractivity contribution is 5.91. The van der Waals surface area contributed by atoms with Gasteiger partial charge in [0.15, 0.2) is 0 Å². The molecule has 0 bridgehead atoms. The van der Waals surface area contributed by atoms with Gasteiger partial charge in [0.05, 0.1) is 5.92 Å². The number of rotatable bonds is 10. The number of hydrogen-bond donors (Lipinski definition) is 1. The van der Waals surface area contributed by atoms with Crippen LogP contribution in [0.1, 0.15) is 63.1 Å². The Bertz CT molecular complexity index is 1220. The van der Waals surface area contributed by atoms with Gasteiger partial charge in [-0.1, -0.05) is 70.2 Å². The Kier molecular flexibility index (Phi) is 9.67. The molecule has 202 valence electrons. The molecule has 2 amide bonds. The van der Waals surface area contributed by atoms with E-state index in [1.807, 2.05) is 100 Å². The van der Waals surface area contributed by atoms with Gasteiger partial charge in [0, 0.05) is 45.0 Å². The van der Waals surface area contributed by atoms with E-state index in [0.717, 1.165) is 22.4 Å². The van der Waals surface area contributed by atoms with E-state index >= 15 is 0 Å². The van der Waals surface area contributed by atoms with Crippen LogP contribution < -0.4 is 10.2 Å². The lowest BCUT2D eigenvalue weighted by Crippen LogP contribution is -2.34. The molecule has 0 saturated heterocycles. The zero-order chi connectivity index (χ0) is 27.9. The van der Waals surface area contributed by atoms with Crippen molar-refractivity contribution < 1.29 is 14.0 Å². The number of hydrogen-bond acceptors (Lipinski definition) is 3. The molecule has 5 nitrogen and oxygen atoms in total. The van der Waals surface area contributed by atoms with Crippen molar-refractivity contribution in [2.24, 2.45) is 5.41 Å². The quantitative estimate of drug-likeness (QED) is 0.315. The van der Waals surface area contributed by atoms with E-state index in [4.69, 9.17) is 0 Å². The number of anilines is 2. The summed E-state index contributed by atoms with van der Waals surface area (Å²) in [6.45, 7) is 8.79. The Morgan fingerprint density at radius 2 is 1.58 bits per heavy atom. The summed E-state index contributed by atoms with van der Waals surface area (Å²) in [7, 11) is 3.92. The van der Waals surface area contributed by atoms with Gasteiger partial charge < -0.3 is 15.1 Å². The van der Waals surface area contributed by atoms with Crippen LogP contribution in [0.4, 0.5) is 15.8 Å². The molecule has 1 atom stereocenters. The molecule has 0 aliphatic heterocycles. The van der Waals surface area contributed by atoms with E-state index in [-0.39, 0.29) is 29.0 Å². The fourth-order valence-electron chi connectivity index (χ4n) is 4.60. The molecule has 0 saturated carbocycles. The third-order valence-electron chi connectivity index (χ3n) is 6.40. The first-order chi connectivity index (χ1) is 18.0. The lowest BCUT2D eigenvalue weighted by molar-refractivity contribution is -0.134. The van der Waals surface area contributed by atoms with E-state index in [9.17, 15) is 14.0 Å². The predicted octanol–water partition coefficient (Wildman–Crippen LogP) is 6.99. The maximum absolute atomic E-state index is 14.0. The van der Waals surface area contributed by atoms with Crippen LogP contribution in [0.5, 0.6) is 0 Å². The van der Waals surface area contributed by atoms with Crippen molar-refractivity contribution in [3.63, 3.8) is 0 Å². The van der Waals surface area contributed by atoms with Crippen molar-refractivity contribution in [1.29, 1.82) is 0 Å². The zero-order valence-electron chi connectivity index (χ0n) is 23.4. The van der Waals surface area contributed by atoms with E-state index in [0.29, 0.717) is 31.6 Å². The summed E-state index contributed by atoms with van der Waals surface area (Å²) in [6, 6.07) is 21.9. The van der Waals surface area contributed by atoms with Gasteiger partial charge in [-0.2, -0.15) is 0 Å². The molecule has 6 heteroatoms. The second kappa shape index (κ2) is 12.7. The molecule has 38 heavy (non-hydrogen) atoms. The highest BCUT2D eigenvalue weighted by atomic mass is 19.1. The molecular formula is C32H40FN3O2. The van der Waals surface area contributed by atoms with Crippen molar-refractivity contribution in [3.05, 3.63) is 95.3 Å². The Morgan fingerprint density at radius 1 is 0.921 bits per heavy atom. The molecule has 3 aromatic rings. The summed E-state index contributed by atoms with van der Waals surface area (Å²) in [4.78, 5) is 30.5. The third kappa shape index (κ3) is 8.17. The van der Waals surface area contributed by atoms with Crippen molar-refractivity contribution in [2.75, 3.05) is 24.3 Å². The first kappa shape index (κ1) is 28.9. The van der Waals surface area contributed by atoms with Crippen LogP contribution in [-0.4, -0.2) is 30.8 Å². The second-order valence-electron chi connectivity index (χ2n) is 11.2. The lowest BCUT2D eigenvalue weighted by Gasteiger charge is -2.29. The molecular weight excluding hydrogens is 477 g/mol. The SMILES string of the molecule is CCC(C(=O)N(Cc1ccc(F)cc1)Cc1cc(NC(=O)CC(C)(C)C)ccc1N(C)C)c1ccccc1. The minimum atomic E-state index is -0.309. The highest BCUT2D eigenvalue weighted by Crippen LogP contribution is 2.29. The summed E-state index contributed by atoms with van der Waals surface area (Å²) < 4.78 is 13.6. The fraction of sp³-hybridized carbons (Fsp3) is 0.375. The molecule has 0 radical (unpaired) electrons. The van der Waals surface area contributed by atoms with Crippen LogP contribution in [0, 0.1) is 11.2 Å². The Balaban J connectivity index is 1.97. The predicted molar refractivity (Wildman–Crippen MR) is 154 cm³/mol. The van der Waals surface area contributed by atoms with Gasteiger partial charge >= 0.3 is 0 Å². The van der Waals surface area contributed by atoms with Crippen LogP contribution >= 0.6 is 0 Å². The first-order valence-corrected chi connectivity index (χ1v) is 13.1. The Labute approximate surface area is 226 Å². The number of halogens is 1. The molecule has 1 N–H and O–H groups in total. The number of amides is 2. The maximum atomic E-state index is 14.0. The van der Waals surface area contributed by atoms with Crippen LogP contribution in [0.2, 0.25) is 0 Å². The fourth-order valence-corrected chi connectivity index (χ4v) is 4.60. The van der Waals surface area contributed by atoms with E-state index in [1.165, 1.54) is 12.1 Å². The van der Waals surface area contributed by atoms with Crippen LogP contribution in [0.3, 0.4) is 0 Å². The Hall–Kier alpha value is -3.67. The second-order valence-corrected chi connectivity index (χ2v) is 11.2. The average molecular weight is 518 g/mol. The molecule has 0 aliphatic carbocycles. The molecule has 0 fully saturated rings. The smallest absolute Gasteiger partial charge is 0.230 e. The molecule has 3 aromatic carbocycles. The van der Waals surface area contributed by atoms with Gasteiger partial charge in [-0.3, -0.25) is 9.59 Å². The number of nitrogens with zero attached hydrogens (tertiary/aromatic N) is 2. The molecule has 1 unspecified atom stereocenters. The Morgan fingerprint density at radius 3 is 2.16 bits per heavy atom. The van der Waals surface area contributed by atoms with E-state index < -0.39 is 0 Å². The van der Waals surface area contributed by atoms with E-state index in [1.54, 1.807) is 12.1 Å². The van der Waals surface area contributed by atoms with Crippen molar-refractivity contribution in [2.45, 2.75) is 59.5 Å². The summed E-state index contributed by atoms with van der Waals surface area (Å²) in [6.07, 6.45) is 1.06. The number of carbonyl (C=O) groups excluding carboxylic acids is 2. The van der Waals surface area contributed by atoms with Gasteiger partial charge in [-0.05, 0) is 58.9 Å². The van der Waals surface area contributed by atoms with Crippen LogP contribution in [0.15, 0.2) is 72.8 Å². The monoisotopic (exact) mass is 517 g/mol. The maximum Gasteiger partial charge on any atom is 0.230 e. The van der Waals surface area contributed by atoms with Crippen LogP contribution in [-0.2, 0) is 22.7 Å². The summed E-state index contributed by atoms with van der Waals surface area (Å²) in [5.41, 5.74) is 4.28. The topological polar surface area (TPSA) is 52.7 Å². The zero-order valence-corrected chi connectivity index (χ0v) is 23.4. The van der Waals surface area contributed by atoms with Crippen molar-refractivity contribution in [3.8, 4) is 0 Å². The van der Waals surface area contributed by atoms with E-state index in [2.05, 4.69) is 5.32 Å². The van der Waals surface area contributed by atoms with Gasteiger partial charge in [0.2, 0.25) is 11.8 Å². The summed E-state index contributed by atoms with van der Waals surface area (Å²) in [5, 5.41) is 3.02. The largest absolute Gasteiger partial charge is 0.377 e. The van der Waals surface area contributed by atoms with Gasteiger partial charge in [0.25, 0.3) is 0 Å². The molecule has 3 rings (SSSR count). The lowest BCUT2D eigenvalue weighted by atomic mass is 9.92. The standard InChI is InChI=1S/C32H40FN3O2/c1-7-28(24-11-9-8-10-12-24)31(38)36(21-23-13-15-26(33)16-14-23)22-25-19-27(17-18-29(25)35(5)6)34-30(37)20-32(2,3)4/h8-19,28H,7,20-22H2,1-6H3,(H,34,37).